The molecule has 28 heavy (non-hydrogen) atoms. The van der Waals surface area contributed by atoms with Crippen LogP contribution in [0.15, 0.2) is 33.6 Å². The van der Waals surface area contributed by atoms with Gasteiger partial charge in [0.1, 0.15) is 0 Å². The van der Waals surface area contributed by atoms with Gasteiger partial charge in [-0.05, 0) is 55.9 Å². The summed E-state index contributed by atoms with van der Waals surface area (Å²) in [5.41, 5.74) is 0. The Kier molecular flexibility index (Phi) is 6.11. The van der Waals surface area contributed by atoms with Crippen LogP contribution in [0.4, 0.5) is 0 Å². The summed E-state index contributed by atoms with van der Waals surface area (Å²) < 4.78 is 28.3. The van der Waals surface area contributed by atoms with E-state index in [-0.39, 0.29) is 16.7 Å². The van der Waals surface area contributed by atoms with E-state index in [1.54, 1.807) is 24.3 Å². The number of sulfonamides is 1. The van der Waals surface area contributed by atoms with E-state index in [1.807, 2.05) is 4.90 Å². The maximum atomic E-state index is 13.0. The van der Waals surface area contributed by atoms with E-state index < -0.39 is 10.0 Å². The molecule has 6 nitrogen and oxygen atoms in total. The first-order valence-electron chi connectivity index (χ1n) is 10.2. The average Bonchev–Trinajstić information content (AvgIpc) is 3.52. The number of amides is 1. The van der Waals surface area contributed by atoms with Crippen molar-refractivity contribution in [2.45, 2.75) is 30.6 Å². The lowest BCUT2D eigenvalue weighted by Crippen LogP contribution is -2.53. The predicted molar refractivity (Wildman–Crippen MR) is 111 cm³/mol. The molecule has 0 spiro atoms. The number of rotatable bonds is 5. The van der Waals surface area contributed by atoms with Gasteiger partial charge in [0, 0.05) is 50.3 Å². The molecule has 2 heterocycles. The van der Waals surface area contributed by atoms with Gasteiger partial charge in [0.25, 0.3) is 0 Å². The molecule has 0 radical (unpaired) electrons. The van der Waals surface area contributed by atoms with Crippen molar-refractivity contribution < 1.29 is 13.2 Å². The molecule has 2 aliphatic heterocycles. The minimum Gasteiger partial charge on any atom is -0.340 e. The van der Waals surface area contributed by atoms with Crippen LogP contribution >= 0.6 is 15.9 Å². The van der Waals surface area contributed by atoms with Crippen LogP contribution in [-0.2, 0) is 14.8 Å². The molecule has 1 unspecified atom stereocenters. The van der Waals surface area contributed by atoms with Gasteiger partial charge >= 0.3 is 0 Å². The van der Waals surface area contributed by atoms with Gasteiger partial charge in [-0.3, -0.25) is 9.69 Å². The first-order chi connectivity index (χ1) is 13.4. The molecule has 154 valence electrons. The van der Waals surface area contributed by atoms with Gasteiger partial charge in [-0.2, -0.15) is 4.31 Å². The van der Waals surface area contributed by atoms with Crippen molar-refractivity contribution in [1.29, 1.82) is 0 Å². The topological polar surface area (TPSA) is 60.9 Å². The zero-order chi connectivity index (χ0) is 19.7. The van der Waals surface area contributed by atoms with Gasteiger partial charge < -0.3 is 4.90 Å². The number of halogens is 1. The summed E-state index contributed by atoms with van der Waals surface area (Å²) in [5, 5.41) is 0. The lowest BCUT2D eigenvalue weighted by Gasteiger charge is -2.38. The first kappa shape index (κ1) is 20.3. The van der Waals surface area contributed by atoms with Crippen molar-refractivity contribution in [3.63, 3.8) is 0 Å². The SMILES string of the molecule is O=C(C1CCCN(S(=O)(=O)c2ccc(Br)cc2)C1)N1CCN(CC2CC2)CC1. The molecule has 0 bridgehead atoms. The van der Waals surface area contributed by atoms with Crippen LogP contribution in [0.3, 0.4) is 0 Å². The third kappa shape index (κ3) is 4.61. The van der Waals surface area contributed by atoms with E-state index in [9.17, 15) is 13.2 Å². The van der Waals surface area contributed by atoms with Gasteiger partial charge in [0.2, 0.25) is 15.9 Å². The summed E-state index contributed by atoms with van der Waals surface area (Å²) in [4.78, 5) is 17.7. The molecule has 1 aliphatic carbocycles. The van der Waals surface area contributed by atoms with Crippen molar-refractivity contribution in [3.8, 4) is 0 Å². The van der Waals surface area contributed by atoms with Crippen LogP contribution in [0.2, 0.25) is 0 Å². The third-order valence-corrected chi connectivity index (χ3v) is 8.49. The normalized spacial score (nSPS) is 25.0. The number of carbonyl (C=O) groups is 1. The molecule has 3 aliphatic rings. The smallest absolute Gasteiger partial charge is 0.243 e. The van der Waals surface area contributed by atoms with E-state index in [1.165, 1.54) is 23.7 Å². The molecule has 8 heteroatoms. The number of benzene rings is 1. The molecule has 1 aromatic rings. The fourth-order valence-electron chi connectivity index (χ4n) is 4.19. The highest BCUT2D eigenvalue weighted by Gasteiger charge is 2.36. The third-order valence-electron chi connectivity index (χ3n) is 6.08. The first-order valence-corrected chi connectivity index (χ1v) is 12.4. The highest BCUT2D eigenvalue weighted by atomic mass is 79.9. The number of carbonyl (C=O) groups excluding carboxylic acids is 1. The second kappa shape index (κ2) is 8.42. The number of hydrogen-bond acceptors (Lipinski definition) is 4. The lowest BCUT2D eigenvalue weighted by molar-refractivity contribution is -0.138. The van der Waals surface area contributed by atoms with Gasteiger partial charge in [-0.25, -0.2) is 8.42 Å². The lowest BCUT2D eigenvalue weighted by atomic mass is 9.97. The fourth-order valence-corrected chi connectivity index (χ4v) is 5.98. The molecular formula is C20H28BrN3O3S. The molecule has 1 aromatic carbocycles. The molecule has 3 fully saturated rings. The van der Waals surface area contributed by atoms with Crippen molar-refractivity contribution in [1.82, 2.24) is 14.1 Å². The molecular weight excluding hydrogens is 442 g/mol. The van der Waals surface area contributed by atoms with Crippen LogP contribution in [0.1, 0.15) is 25.7 Å². The number of piperidine rings is 1. The number of hydrogen-bond donors (Lipinski definition) is 0. The Hall–Kier alpha value is -0.960. The minimum absolute atomic E-state index is 0.127. The predicted octanol–water partition coefficient (Wildman–Crippen LogP) is 2.40. The Morgan fingerprint density at radius 1 is 1.00 bits per heavy atom. The second-order valence-electron chi connectivity index (χ2n) is 8.23. The zero-order valence-corrected chi connectivity index (χ0v) is 18.5. The van der Waals surface area contributed by atoms with E-state index >= 15 is 0 Å². The Labute approximate surface area is 176 Å². The summed E-state index contributed by atoms with van der Waals surface area (Å²) >= 11 is 3.34. The molecule has 1 saturated carbocycles. The number of nitrogens with zero attached hydrogens (tertiary/aromatic N) is 3. The highest BCUT2D eigenvalue weighted by Crippen LogP contribution is 2.30. The Morgan fingerprint density at radius 3 is 2.32 bits per heavy atom. The number of piperazine rings is 1. The summed E-state index contributed by atoms with van der Waals surface area (Å²) in [5.74, 6) is 0.772. The van der Waals surface area contributed by atoms with Crippen LogP contribution in [0.25, 0.3) is 0 Å². The summed E-state index contributed by atoms with van der Waals surface area (Å²) in [6.45, 7) is 5.36. The van der Waals surface area contributed by atoms with Gasteiger partial charge in [-0.1, -0.05) is 15.9 Å². The van der Waals surface area contributed by atoms with Gasteiger partial charge in [-0.15, -0.1) is 0 Å². The molecule has 0 N–H and O–H groups in total. The van der Waals surface area contributed by atoms with Crippen LogP contribution < -0.4 is 0 Å². The molecule has 1 amide bonds. The van der Waals surface area contributed by atoms with E-state index in [4.69, 9.17) is 0 Å². The van der Waals surface area contributed by atoms with Gasteiger partial charge in [0.05, 0.1) is 10.8 Å². The molecule has 4 rings (SSSR count). The monoisotopic (exact) mass is 469 g/mol. The molecule has 2 saturated heterocycles. The Balaban J connectivity index is 1.36. The summed E-state index contributed by atoms with van der Waals surface area (Å²) in [7, 11) is -3.56. The molecule has 0 aromatic heterocycles. The van der Waals surface area contributed by atoms with E-state index in [2.05, 4.69) is 20.8 Å². The van der Waals surface area contributed by atoms with Crippen molar-refractivity contribution in [2.24, 2.45) is 11.8 Å². The zero-order valence-electron chi connectivity index (χ0n) is 16.1. The highest BCUT2D eigenvalue weighted by molar-refractivity contribution is 9.10. The quantitative estimate of drug-likeness (QED) is 0.663. The van der Waals surface area contributed by atoms with Crippen LogP contribution in [0.5, 0.6) is 0 Å². The summed E-state index contributed by atoms with van der Waals surface area (Å²) in [6, 6.07) is 6.70. The van der Waals surface area contributed by atoms with E-state index in [0.29, 0.717) is 13.1 Å². The second-order valence-corrected chi connectivity index (χ2v) is 11.1. The average molecular weight is 470 g/mol. The maximum absolute atomic E-state index is 13.0. The Bertz CT molecular complexity index is 802. The van der Waals surface area contributed by atoms with Crippen LogP contribution in [-0.4, -0.2) is 74.2 Å². The van der Waals surface area contributed by atoms with Crippen LogP contribution in [0, 0.1) is 11.8 Å². The standard InChI is InChI=1S/C20H28BrN3O3S/c21-18-5-7-19(8-6-18)28(26,27)24-9-1-2-17(15-24)20(25)23-12-10-22(11-13-23)14-16-3-4-16/h5-8,16-17H,1-4,9-15H2. The molecule has 1 atom stereocenters. The maximum Gasteiger partial charge on any atom is 0.243 e. The van der Waals surface area contributed by atoms with Gasteiger partial charge in [0.15, 0.2) is 0 Å². The van der Waals surface area contributed by atoms with Crippen molar-refractivity contribution in [2.75, 3.05) is 45.8 Å². The Morgan fingerprint density at radius 2 is 1.68 bits per heavy atom. The van der Waals surface area contributed by atoms with Crippen molar-refractivity contribution in [3.05, 3.63) is 28.7 Å². The summed E-state index contributed by atoms with van der Waals surface area (Å²) in [6.07, 6.45) is 4.20. The fraction of sp³-hybridized carbons (Fsp3) is 0.650. The van der Waals surface area contributed by atoms with Crippen molar-refractivity contribution >= 4 is 31.9 Å². The minimum atomic E-state index is -3.56. The van der Waals surface area contributed by atoms with E-state index in [0.717, 1.165) is 49.4 Å². The largest absolute Gasteiger partial charge is 0.340 e.